The van der Waals surface area contributed by atoms with Crippen molar-refractivity contribution in [3.63, 3.8) is 0 Å². The molecule has 0 radical (unpaired) electrons. The zero-order valence-electron chi connectivity index (χ0n) is 17.3. The molecule has 28 heavy (non-hydrogen) atoms. The molecule has 0 unspecified atom stereocenters. The summed E-state index contributed by atoms with van der Waals surface area (Å²) in [4.78, 5) is 25.3. The molecule has 5 heteroatoms. The average Bonchev–Trinajstić information content (AvgIpc) is 2.89. The number of hydrogen-bond donors (Lipinski definition) is 1. The van der Waals surface area contributed by atoms with Gasteiger partial charge in [-0.2, -0.15) is 0 Å². The average molecular weight is 383 g/mol. The number of carbonyl (C=O) groups excluding carboxylic acids is 2. The summed E-state index contributed by atoms with van der Waals surface area (Å²) in [6, 6.07) is 7.74. The maximum absolute atomic E-state index is 12.6. The number of nitrogens with one attached hydrogen (secondary N) is 1. The van der Waals surface area contributed by atoms with Crippen LogP contribution in [0.4, 0.5) is 0 Å². The lowest BCUT2D eigenvalue weighted by Gasteiger charge is -2.27. The summed E-state index contributed by atoms with van der Waals surface area (Å²) in [5.74, 6) is 2.18. The fourth-order valence-corrected chi connectivity index (χ4v) is 4.06. The molecule has 1 amide bonds. The second-order valence-corrected chi connectivity index (χ2v) is 8.54. The summed E-state index contributed by atoms with van der Waals surface area (Å²) < 4.78 is 11.2. The smallest absolute Gasteiger partial charge is 0.224 e. The van der Waals surface area contributed by atoms with Crippen LogP contribution in [0.5, 0.6) is 5.75 Å². The Morgan fingerprint density at radius 3 is 2.71 bits per heavy atom. The van der Waals surface area contributed by atoms with Gasteiger partial charge in [0.1, 0.15) is 17.3 Å². The first-order valence-electron chi connectivity index (χ1n) is 9.76. The number of Topliss-reactive ketones (excluding diaryl/α,β-unsaturated/α-hetero) is 1. The standard InChI is InChI=1S/C23H29NO4/c1-14(10-16-8-6-7-9-19(16)27-5)24-21(26)11-17-15(2)28-20-13-23(3,4)12-18(25)22(17)20/h6-9,14H,10-13H2,1-5H3,(H,24,26)/t14-/m1/s1. The molecule has 0 fully saturated rings. The number of furan rings is 1. The molecule has 0 spiro atoms. The number of rotatable bonds is 6. The van der Waals surface area contributed by atoms with Gasteiger partial charge < -0.3 is 14.5 Å². The molecular formula is C23H29NO4. The normalized spacial score (nSPS) is 16.4. The fraction of sp³-hybridized carbons (Fsp3) is 0.478. The van der Waals surface area contributed by atoms with E-state index in [4.69, 9.17) is 9.15 Å². The van der Waals surface area contributed by atoms with Gasteiger partial charge in [0.15, 0.2) is 5.78 Å². The molecule has 0 bridgehead atoms. The molecule has 0 saturated heterocycles. The third-order valence-electron chi connectivity index (χ3n) is 5.30. The minimum absolute atomic E-state index is 0.0542. The number of ketones is 1. The highest BCUT2D eigenvalue weighted by Crippen LogP contribution is 2.38. The third-order valence-corrected chi connectivity index (χ3v) is 5.30. The maximum atomic E-state index is 12.6. The van der Waals surface area contributed by atoms with Crippen molar-refractivity contribution in [2.75, 3.05) is 7.11 Å². The van der Waals surface area contributed by atoms with Crippen molar-refractivity contribution in [3.8, 4) is 5.75 Å². The van der Waals surface area contributed by atoms with Gasteiger partial charge in [-0.15, -0.1) is 0 Å². The van der Waals surface area contributed by atoms with Crippen LogP contribution in [-0.2, 0) is 24.1 Å². The molecule has 0 saturated carbocycles. The molecule has 1 N–H and O–H groups in total. The van der Waals surface area contributed by atoms with E-state index in [1.54, 1.807) is 7.11 Å². The van der Waals surface area contributed by atoms with Gasteiger partial charge in [0.05, 0.1) is 19.1 Å². The first-order chi connectivity index (χ1) is 13.2. The van der Waals surface area contributed by atoms with Crippen LogP contribution in [0.25, 0.3) is 0 Å². The van der Waals surface area contributed by atoms with E-state index in [0.29, 0.717) is 24.2 Å². The SMILES string of the molecule is COc1ccccc1C[C@@H](C)NC(=O)Cc1c(C)oc2c1C(=O)CC(C)(C)C2. The minimum atomic E-state index is -0.105. The Morgan fingerprint density at radius 1 is 1.29 bits per heavy atom. The number of fused-ring (bicyclic) bond motifs is 1. The Kier molecular flexibility index (Phi) is 5.64. The zero-order chi connectivity index (χ0) is 20.5. The second kappa shape index (κ2) is 7.82. The second-order valence-electron chi connectivity index (χ2n) is 8.54. The molecule has 1 aliphatic rings. The number of amides is 1. The quantitative estimate of drug-likeness (QED) is 0.817. The molecule has 1 heterocycles. The molecule has 1 aromatic heterocycles. The van der Waals surface area contributed by atoms with E-state index in [1.165, 1.54) is 0 Å². The summed E-state index contributed by atoms with van der Waals surface area (Å²) in [7, 11) is 1.64. The van der Waals surface area contributed by atoms with Gasteiger partial charge >= 0.3 is 0 Å². The lowest BCUT2D eigenvalue weighted by atomic mass is 9.75. The highest BCUT2D eigenvalue weighted by atomic mass is 16.5. The Hall–Kier alpha value is -2.56. The molecule has 150 valence electrons. The van der Waals surface area contributed by atoms with Crippen molar-refractivity contribution in [2.45, 2.75) is 59.4 Å². The number of methoxy groups -OCH3 is 1. The van der Waals surface area contributed by atoms with Crippen molar-refractivity contribution < 1.29 is 18.7 Å². The van der Waals surface area contributed by atoms with Gasteiger partial charge in [-0.3, -0.25) is 9.59 Å². The number of hydrogen-bond acceptors (Lipinski definition) is 4. The van der Waals surface area contributed by atoms with Crippen molar-refractivity contribution in [2.24, 2.45) is 5.41 Å². The van der Waals surface area contributed by atoms with Crippen LogP contribution in [-0.4, -0.2) is 24.8 Å². The minimum Gasteiger partial charge on any atom is -0.496 e. The Bertz CT molecular complexity index is 894. The maximum Gasteiger partial charge on any atom is 0.224 e. The Morgan fingerprint density at radius 2 is 2.00 bits per heavy atom. The largest absolute Gasteiger partial charge is 0.496 e. The van der Waals surface area contributed by atoms with Crippen LogP contribution < -0.4 is 10.1 Å². The van der Waals surface area contributed by atoms with Gasteiger partial charge in [0, 0.05) is 24.4 Å². The number of aryl methyl sites for hydroxylation is 1. The molecule has 0 aliphatic heterocycles. The number of para-hydroxylation sites is 1. The first kappa shape index (κ1) is 20.2. The third kappa shape index (κ3) is 4.29. The molecule has 5 nitrogen and oxygen atoms in total. The van der Waals surface area contributed by atoms with Crippen LogP contribution >= 0.6 is 0 Å². The molecular weight excluding hydrogens is 354 g/mol. The van der Waals surface area contributed by atoms with E-state index in [-0.39, 0.29) is 29.6 Å². The van der Waals surface area contributed by atoms with E-state index in [2.05, 4.69) is 19.2 Å². The number of ether oxygens (including phenoxy) is 1. The van der Waals surface area contributed by atoms with Crippen LogP contribution in [0, 0.1) is 12.3 Å². The van der Waals surface area contributed by atoms with Crippen molar-refractivity contribution >= 4 is 11.7 Å². The van der Waals surface area contributed by atoms with Gasteiger partial charge in [-0.25, -0.2) is 0 Å². The van der Waals surface area contributed by atoms with Crippen LogP contribution in [0.3, 0.4) is 0 Å². The summed E-state index contributed by atoms with van der Waals surface area (Å²) in [6.45, 7) is 7.93. The van der Waals surface area contributed by atoms with Crippen molar-refractivity contribution in [1.82, 2.24) is 5.32 Å². The zero-order valence-corrected chi connectivity index (χ0v) is 17.3. The summed E-state index contributed by atoms with van der Waals surface area (Å²) in [6.07, 6.45) is 2.04. The van der Waals surface area contributed by atoms with E-state index in [9.17, 15) is 9.59 Å². The molecule has 2 aromatic rings. The monoisotopic (exact) mass is 383 g/mol. The lowest BCUT2D eigenvalue weighted by molar-refractivity contribution is -0.121. The predicted octanol–water partition coefficient (Wildman–Crippen LogP) is 4.04. The number of carbonyl (C=O) groups is 2. The lowest BCUT2D eigenvalue weighted by Crippen LogP contribution is -2.35. The van der Waals surface area contributed by atoms with Crippen LogP contribution in [0.15, 0.2) is 28.7 Å². The van der Waals surface area contributed by atoms with Crippen LogP contribution in [0.1, 0.15) is 60.2 Å². The summed E-state index contributed by atoms with van der Waals surface area (Å²) in [5, 5.41) is 3.04. The van der Waals surface area contributed by atoms with E-state index in [1.807, 2.05) is 38.1 Å². The first-order valence-corrected chi connectivity index (χ1v) is 9.76. The Labute approximate surface area is 166 Å². The van der Waals surface area contributed by atoms with E-state index < -0.39 is 0 Å². The summed E-state index contributed by atoms with van der Waals surface area (Å²) in [5.41, 5.74) is 2.31. The topological polar surface area (TPSA) is 68.5 Å². The van der Waals surface area contributed by atoms with Gasteiger partial charge in [-0.1, -0.05) is 32.0 Å². The van der Waals surface area contributed by atoms with E-state index in [0.717, 1.165) is 29.1 Å². The van der Waals surface area contributed by atoms with Gasteiger partial charge in [0.2, 0.25) is 5.91 Å². The molecule has 3 rings (SSSR count). The predicted molar refractivity (Wildman–Crippen MR) is 108 cm³/mol. The van der Waals surface area contributed by atoms with Gasteiger partial charge in [-0.05, 0) is 37.3 Å². The van der Waals surface area contributed by atoms with Crippen LogP contribution in [0.2, 0.25) is 0 Å². The molecule has 1 atom stereocenters. The van der Waals surface area contributed by atoms with Crippen molar-refractivity contribution in [3.05, 3.63) is 52.5 Å². The highest BCUT2D eigenvalue weighted by Gasteiger charge is 2.36. The fourth-order valence-electron chi connectivity index (χ4n) is 4.06. The Balaban J connectivity index is 1.69. The van der Waals surface area contributed by atoms with Crippen molar-refractivity contribution in [1.29, 1.82) is 0 Å². The molecule has 1 aliphatic carbocycles. The van der Waals surface area contributed by atoms with E-state index >= 15 is 0 Å². The molecule has 1 aromatic carbocycles. The van der Waals surface area contributed by atoms with Gasteiger partial charge in [0.25, 0.3) is 0 Å². The highest BCUT2D eigenvalue weighted by molar-refractivity contribution is 6.01. The summed E-state index contributed by atoms with van der Waals surface area (Å²) >= 11 is 0. The number of benzene rings is 1.